The van der Waals surface area contributed by atoms with Gasteiger partial charge in [0.1, 0.15) is 0 Å². The van der Waals surface area contributed by atoms with Gasteiger partial charge in [-0.05, 0) is 54.8 Å². The molecule has 0 unspecified atom stereocenters. The number of nitrogens with one attached hydrogen (secondary N) is 2. The van der Waals surface area contributed by atoms with Crippen molar-refractivity contribution in [3.8, 4) is 0 Å². The summed E-state index contributed by atoms with van der Waals surface area (Å²) in [6, 6.07) is 4.30. The van der Waals surface area contributed by atoms with Gasteiger partial charge in [0.15, 0.2) is 5.96 Å². The highest BCUT2D eigenvalue weighted by Gasteiger charge is 2.03. The molecule has 0 saturated carbocycles. The average molecular weight is 307 g/mol. The summed E-state index contributed by atoms with van der Waals surface area (Å²) in [6.45, 7) is 8.81. The molecule has 108 valence electrons. The fourth-order valence-electron chi connectivity index (χ4n) is 1.81. The summed E-state index contributed by atoms with van der Waals surface area (Å²) in [4.78, 5) is 7.35. The van der Waals surface area contributed by atoms with E-state index in [-0.39, 0.29) is 0 Å². The van der Waals surface area contributed by atoms with Crippen molar-refractivity contribution in [3.63, 3.8) is 0 Å². The minimum Gasteiger partial charge on any atom is -0.357 e. The van der Waals surface area contributed by atoms with Gasteiger partial charge in [0.05, 0.1) is 13.1 Å². The van der Waals surface area contributed by atoms with Crippen LogP contribution in [-0.4, -0.2) is 12.5 Å². The highest BCUT2D eigenvalue weighted by molar-refractivity contribution is 7.10. The summed E-state index contributed by atoms with van der Waals surface area (Å²) in [7, 11) is 0. The van der Waals surface area contributed by atoms with Gasteiger partial charge in [-0.15, -0.1) is 22.7 Å². The molecule has 2 N–H and O–H groups in total. The lowest BCUT2D eigenvalue weighted by atomic mass is 10.3. The van der Waals surface area contributed by atoms with E-state index in [0.29, 0.717) is 0 Å². The molecule has 0 fully saturated rings. The Balaban J connectivity index is 1.96. The van der Waals surface area contributed by atoms with Crippen molar-refractivity contribution >= 4 is 28.6 Å². The van der Waals surface area contributed by atoms with E-state index in [1.54, 1.807) is 22.7 Å². The van der Waals surface area contributed by atoms with Crippen LogP contribution in [0.1, 0.15) is 27.8 Å². The third-order valence-electron chi connectivity index (χ3n) is 3.08. The van der Waals surface area contributed by atoms with Crippen molar-refractivity contribution in [1.82, 2.24) is 10.6 Å². The maximum absolute atomic E-state index is 4.66. The maximum Gasteiger partial charge on any atom is 0.191 e. The van der Waals surface area contributed by atoms with Crippen LogP contribution in [0.15, 0.2) is 27.9 Å². The van der Waals surface area contributed by atoms with Crippen LogP contribution in [0.4, 0.5) is 0 Å². The van der Waals surface area contributed by atoms with Crippen LogP contribution in [-0.2, 0) is 13.1 Å². The summed E-state index contributed by atoms with van der Waals surface area (Å²) in [6.07, 6.45) is 0. The number of guanidine groups is 1. The SMILES string of the molecule is CCNC(=NCc1sccc1C)NCc1sccc1C. The lowest BCUT2D eigenvalue weighted by molar-refractivity contribution is 0.822. The molecule has 0 aliphatic carbocycles. The Kier molecular flexibility index (Phi) is 5.61. The molecule has 20 heavy (non-hydrogen) atoms. The van der Waals surface area contributed by atoms with Crippen LogP contribution < -0.4 is 10.6 Å². The Bertz CT molecular complexity index is 569. The standard InChI is InChI=1S/C15H21N3S2/c1-4-16-15(17-9-13-11(2)5-7-19-13)18-10-14-12(3)6-8-20-14/h5-8H,4,9-10H2,1-3H3,(H2,16,17,18). The van der Waals surface area contributed by atoms with Gasteiger partial charge in [-0.1, -0.05) is 0 Å². The largest absolute Gasteiger partial charge is 0.357 e. The van der Waals surface area contributed by atoms with Gasteiger partial charge in [-0.2, -0.15) is 0 Å². The minimum atomic E-state index is 0.738. The summed E-state index contributed by atoms with van der Waals surface area (Å²) in [5.74, 6) is 0.882. The molecule has 0 radical (unpaired) electrons. The molecule has 0 saturated heterocycles. The molecule has 2 heterocycles. The normalized spacial score (nSPS) is 11.7. The first-order valence-electron chi connectivity index (χ1n) is 6.78. The Morgan fingerprint density at radius 3 is 2.25 bits per heavy atom. The van der Waals surface area contributed by atoms with E-state index in [0.717, 1.165) is 25.6 Å². The van der Waals surface area contributed by atoms with Crippen molar-refractivity contribution in [2.24, 2.45) is 4.99 Å². The van der Waals surface area contributed by atoms with Crippen LogP contribution in [0, 0.1) is 13.8 Å². The molecule has 0 aromatic carbocycles. The Labute approximate surface area is 128 Å². The molecular formula is C15H21N3S2. The number of rotatable bonds is 5. The number of hydrogen-bond donors (Lipinski definition) is 2. The predicted molar refractivity (Wildman–Crippen MR) is 89.8 cm³/mol. The lowest BCUT2D eigenvalue weighted by Crippen LogP contribution is -2.36. The molecule has 0 aliphatic heterocycles. The van der Waals surface area contributed by atoms with Crippen molar-refractivity contribution in [2.45, 2.75) is 33.9 Å². The van der Waals surface area contributed by atoms with Crippen LogP contribution in [0.5, 0.6) is 0 Å². The average Bonchev–Trinajstić information content (AvgIpc) is 3.02. The van der Waals surface area contributed by atoms with Crippen LogP contribution in [0.2, 0.25) is 0 Å². The van der Waals surface area contributed by atoms with Crippen molar-refractivity contribution < 1.29 is 0 Å². The van der Waals surface area contributed by atoms with Gasteiger partial charge >= 0.3 is 0 Å². The quantitative estimate of drug-likeness (QED) is 0.653. The highest BCUT2D eigenvalue weighted by Crippen LogP contribution is 2.17. The van der Waals surface area contributed by atoms with Crippen molar-refractivity contribution in [3.05, 3.63) is 43.8 Å². The topological polar surface area (TPSA) is 36.4 Å². The number of nitrogens with zero attached hydrogens (tertiary/aromatic N) is 1. The molecule has 2 aromatic rings. The molecule has 0 aliphatic rings. The molecule has 5 heteroatoms. The fourth-order valence-corrected chi connectivity index (χ4v) is 3.48. The summed E-state index contributed by atoms with van der Waals surface area (Å²) in [5.41, 5.74) is 2.66. The lowest BCUT2D eigenvalue weighted by Gasteiger charge is -2.11. The zero-order chi connectivity index (χ0) is 14.4. The zero-order valence-corrected chi connectivity index (χ0v) is 13.8. The first kappa shape index (κ1) is 15.1. The van der Waals surface area contributed by atoms with Gasteiger partial charge in [0, 0.05) is 16.3 Å². The summed E-state index contributed by atoms with van der Waals surface area (Å²) >= 11 is 3.55. The van der Waals surface area contributed by atoms with Crippen molar-refractivity contribution in [1.29, 1.82) is 0 Å². The smallest absolute Gasteiger partial charge is 0.191 e. The van der Waals surface area contributed by atoms with Gasteiger partial charge in [-0.3, -0.25) is 0 Å². The van der Waals surface area contributed by atoms with E-state index < -0.39 is 0 Å². The molecular weight excluding hydrogens is 286 g/mol. The van der Waals surface area contributed by atoms with E-state index in [1.165, 1.54) is 20.9 Å². The molecule has 2 aromatic heterocycles. The van der Waals surface area contributed by atoms with Gasteiger partial charge in [-0.25, -0.2) is 4.99 Å². The first-order valence-corrected chi connectivity index (χ1v) is 8.54. The zero-order valence-electron chi connectivity index (χ0n) is 12.2. The minimum absolute atomic E-state index is 0.738. The molecule has 0 amide bonds. The van der Waals surface area contributed by atoms with Gasteiger partial charge < -0.3 is 10.6 Å². The summed E-state index contributed by atoms with van der Waals surface area (Å²) < 4.78 is 0. The van der Waals surface area contributed by atoms with Crippen molar-refractivity contribution in [2.75, 3.05) is 6.54 Å². The van der Waals surface area contributed by atoms with Crippen LogP contribution >= 0.6 is 22.7 Å². The monoisotopic (exact) mass is 307 g/mol. The summed E-state index contributed by atoms with van der Waals surface area (Å²) in [5, 5.41) is 10.9. The maximum atomic E-state index is 4.66. The van der Waals surface area contributed by atoms with E-state index in [4.69, 9.17) is 0 Å². The second kappa shape index (κ2) is 7.45. The Hall–Kier alpha value is -1.33. The molecule has 0 spiro atoms. The number of thiophene rings is 2. The van der Waals surface area contributed by atoms with E-state index in [9.17, 15) is 0 Å². The number of hydrogen-bond acceptors (Lipinski definition) is 3. The molecule has 0 bridgehead atoms. The van der Waals surface area contributed by atoms with E-state index >= 15 is 0 Å². The third kappa shape index (κ3) is 4.08. The highest BCUT2D eigenvalue weighted by atomic mass is 32.1. The second-order valence-corrected chi connectivity index (χ2v) is 6.60. The van der Waals surface area contributed by atoms with E-state index in [1.807, 2.05) is 0 Å². The molecule has 2 rings (SSSR count). The first-order chi connectivity index (χ1) is 9.70. The van der Waals surface area contributed by atoms with Gasteiger partial charge in [0.25, 0.3) is 0 Å². The molecule has 0 atom stereocenters. The van der Waals surface area contributed by atoms with Crippen LogP contribution in [0.25, 0.3) is 0 Å². The Morgan fingerprint density at radius 2 is 1.70 bits per heavy atom. The predicted octanol–water partition coefficient (Wildman–Crippen LogP) is 3.68. The van der Waals surface area contributed by atoms with Gasteiger partial charge in [0.2, 0.25) is 0 Å². The molecule has 3 nitrogen and oxygen atoms in total. The second-order valence-electron chi connectivity index (χ2n) is 4.60. The fraction of sp³-hybridized carbons (Fsp3) is 0.400. The number of aryl methyl sites for hydroxylation is 2. The van der Waals surface area contributed by atoms with Crippen LogP contribution in [0.3, 0.4) is 0 Å². The van der Waals surface area contributed by atoms with E-state index in [2.05, 4.69) is 59.3 Å². The third-order valence-corrected chi connectivity index (χ3v) is 5.11. The Morgan fingerprint density at radius 1 is 1.05 bits per heavy atom. The number of aliphatic imine (C=N–C) groups is 1.